The smallest absolute Gasteiger partial charge is 0.144 e. The summed E-state index contributed by atoms with van der Waals surface area (Å²) in [6.45, 7) is 10.3. The lowest BCUT2D eigenvalue weighted by atomic mass is 9.80. The number of fused-ring (bicyclic) bond motifs is 1. The maximum atomic E-state index is 7.21. The van der Waals surface area contributed by atoms with Crippen LogP contribution in [0.25, 0.3) is 0 Å². The van der Waals surface area contributed by atoms with E-state index in [1.807, 2.05) is 0 Å². The molecular formula is C32H36O. The Bertz CT molecular complexity index is 1010. The van der Waals surface area contributed by atoms with Crippen molar-refractivity contribution in [2.75, 3.05) is 6.61 Å². The summed E-state index contributed by atoms with van der Waals surface area (Å²) in [6, 6.07) is 32.2. The monoisotopic (exact) mass is 436 g/mol. The standard InChI is InChI=1S/C32H36O/c1-23-24(2)30(29-21-31(3,4)20-28(23)29)22-33-32(25-14-8-5-9-15-25,26-16-10-6-11-17-26)27-18-12-7-13-19-27/h5-19,23,28-29H,20-22H2,1-4H3/t23-,28-,29-/m0/s1. The van der Waals surface area contributed by atoms with Gasteiger partial charge in [-0.3, -0.25) is 0 Å². The summed E-state index contributed by atoms with van der Waals surface area (Å²) in [5.74, 6) is 2.06. The second-order valence-electron chi connectivity index (χ2n) is 10.9. The molecule has 5 rings (SSSR count). The number of rotatable bonds is 6. The third-order valence-corrected chi connectivity index (χ3v) is 8.34. The van der Waals surface area contributed by atoms with Crippen LogP contribution in [0, 0.1) is 23.2 Å². The number of benzene rings is 3. The highest BCUT2D eigenvalue weighted by Gasteiger charge is 2.49. The van der Waals surface area contributed by atoms with Crippen LogP contribution in [-0.2, 0) is 10.3 Å². The molecule has 2 aliphatic rings. The first kappa shape index (κ1) is 22.2. The van der Waals surface area contributed by atoms with Gasteiger partial charge in [0.15, 0.2) is 0 Å². The molecule has 0 amide bonds. The highest BCUT2D eigenvalue weighted by Crippen LogP contribution is 2.57. The van der Waals surface area contributed by atoms with E-state index in [0.29, 0.717) is 23.9 Å². The van der Waals surface area contributed by atoms with E-state index in [9.17, 15) is 0 Å². The van der Waals surface area contributed by atoms with Crippen molar-refractivity contribution in [1.82, 2.24) is 0 Å². The SMILES string of the molecule is CC1=C(COC(c2ccccc2)(c2ccccc2)c2ccccc2)[C@H]2CC(C)(C)C[C@H]2[C@H]1C. The van der Waals surface area contributed by atoms with Crippen molar-refractivity contribution in [2.45, 2.75) is 46.1 Å². The average Bonchev–Trinajstić information content (AvgIpc) is 3.27. The van der Waals surface area contributed by atoms with Gasteiger partial charge in [0.05, 0.1) is 6.61 Å². The second-order valence-corrected chi connectivity index (χ2v) is 10.9. The zero-order valence-corrected chi connectivity index (χ0v) is 20.4. The Morgan fingerprint density at radius 2 is 1.21 bits per heavy atom. The van der Waals surface area contributed by atoms with Crippen molar-refractivity contribution in [3.8, 4) is 0 Å². The lowest BCUT2D eigenvalue weighted by Crippen LogP contribution is -2.34. The molecule has 0 N–H and O–H groups in total. The normalized spacial score (nSPS) is 24.2. The van der Waals surface area contributed by atoms with Crippen LogP contribution in [0.15, 0.2) is 102 Å². The summed E-state index contributed by atoms with van der Waals surface area (Å²) >= 11 is 0. The summed E-state index contributed by atoms with van der Waals surface area (Å²) in [5.41, 5.74) is 6.41. The lowest BCUT2D eigenvalue weighted by Gasteiger charge is -2.36. The summed E-state index contributed by atoms with van der Waals surface area (Å²) in [7, 11) is 0. The van der Waals surface area contributed by atoms with Crippen molar-refractivity contribution < 1.29 is 4.74 Å². The van der Waals surface area contributed by atoms with Gasteiger partial charge in [-0.2, -0.15) is 0 Å². The molecule has 3 aromatic rings. The van der Waals surface area contributed by atoms with Crippen molar-refractivity contribution in [1.29, 1.82) is 0 Å². The van der Waals surface area contributed by atoms with Gasteiger partial charge in [-0.25, -0.2) is 0 Å². The van der Waals surface area contributed by atoms with Crippen LogP contribution in [0.1, 0.15) is 57.2 Å². The van der Waals surface area contributed by atoms with Gasteiger partial charge in [0, 0.05) is 0 Å². The van der Waals surface area contributed by atoms with E-state index in [0.717, 1.165) is 5.92 Å². The first-order valence-corrected chi connectivity index (χ1v) is 12.4. The summed E-state index contributed by atoms with van der Waals surface area (Å²) < 4.78 is 7.21. The topological polar surface area (TPSA) is 9.23 Å². The summed E-state index contributed by atoms with van der Waals surface area (Å²) in [6.07, 6.45) is 2.59. The van der Waals surface area contributed by atoms with Crippen LogP contribution in [0.5, 0.6) is 0 Å². The van der Waals surface area contributed by atoms with Crippen molar-refractivity contribution in [2.24, 2.45) is 23.2 Å². The number of hydrogen-bond donors (Lipinski definition) is 0. The second kappa shape index (κ2) is 8.61. The minimum Gasteiger partial charge on any atom is -0.356 e. The number of allylic oxidation sites excluding steroid dienone is 1. The van der Waals surface area contributed by atoms with E-state index in [2.05, 4.69) is 119 Å². The molecule has 1 saturated carbocycles. The highest BCUT2D eigenvalue weighted by atomic mass is 16.5. The minimum absolute atomic E-state index is 0.422. The quantitative estimate of drug-likeness (QED) is 0.281. The molecule has 3 atom stereocenters. The summed E-state index contributed by atoms with van der Waals surface area (Å²) in [4.78, 5) is 0. The van der Waals surface area contributed by atoms with Gasteiger partial charge in [-0.05, 0) is 65.2 Å². The zero-order chi connectivity index (χ0) is 23.1. The fourth-order valence-electron chi connectivity index (χ4n) is 6.60. The molecule has 1 nitrogen and oxygen atoms in total. The Morgan fingerprint density at radius 3 is 1.67 bits per heavy atom. The number of ether oxygens (including phenoxy) is 1. The molecule has 1 heteroatoms. The molecule has 0 radical (unpaired) electrons. The summed E-state index contributed by atoms with van der Waals surface area (Å²) in [5, 5.41) is 0. The molecule has 0 heterocycles. The first-order valence-electron chi connectivity index (χ1n) is 12.4. The van der Waals surface area contributed by atoms with E-state index in [-0.39, 0.29) is 0 Å². The molecule has 0 bridgehead atoms. The van der Waals surface area contributed by atoms with Gasteiger partial charge in [-0.15, -0.1) is 0 Å². The zero-order valence-electron chi connectivity index (χ0n) is 20.4. The van der Waals surface area contributed by atoms with Crippen molar-refractivity contribution in [3.05, 3.63) is 119 Å². The largest absolute Gasteiger partial charge is 0.356 e. The molecule has 170 valence electrons. The van der Waals surface area contributed by atoms with Crippen molar-refractivity contribution in [3.63, 3.8) is 0 Å². The molecule has 0 spiro atoms. The predicted octanol–water partition coefficient (Wildman–Crippen LogP) is 8.01. The first-order chi connectivity index (χ1) is 15.9. The molecule has 0 unspecified atom stereocenters. The van der Waals surface area contributed by atoms with Gasteiger partial charge in [0.1, 0.15) is 5.60 Å². The number of hydrogen-bond acceptors (Lipinski definition) is 1. The van der Waals surface area contributed by atoms with Crippen LogP contribution < -0.4 is 0 Å². The molecular weight excluding hydrogens is 400 g/mol. The Hall–Kier alpha value is -2.64. The minimum atomic E-state index is -0.646. The molecule has 2 aliphatic carbocycles. The Labute approximate surface area is 199 Å². The molecule has 1 fully saturated rings. The van der Waals surface area contributed by atoms with Crippen LogP contribution in [0.4, 0.5) is 0 Å². The van der Waals surface area contributed by atoms with E-state index in [1.54, 1.807) is 11.1 Å². The van der Waals surface area contributed by atoms with Crippen LogP contribution in [0.2, 0.25) is 0 Å². The Kier molecular flexibility index (Phi) is 5.79. The third-order valence-electron chi connectivity index (χ3n) is 8.34. The van der Waals surface area contributed by atoms with Crippen LogP contribution >= 0.6 is 0 Å². The third kappa shape index (κ3) is 3.87. The fraction of sp³-hybridized carbons (Fsp3) is 0.375. The molecule has 33 heavy (non-hydrogen) atoms. The maximum absolute atomic E-state index is 7.21. The highest BCUT2D eigenvalue weighted by molar-refractivity contribution is 5.47. The van der Waals surface area contributed by atoms with Gasteiger partial charge in [0.25, 0.3) is 0 Å². The van der Waals surface area contributed by atoms with Crippen LogP contribution in [-0.4, -0.2) is 6.61 Å². The van der Waals surface area contributed by atoms with Crippen LogP contribution in [0.3, 0.4) is 0 Å². The average molecular weight is 437 g/mol. The Balaban J connectivity index is 1.60. The maximum Gasteiger partial charge on any atom is 0.144 e. The van der Waals surface area contributed by atoms with Gasteiger partial charge < -0.3 is 4.74 Å². The van der Waals surface area contributed by atoms with Gasteiger partial charge in [-0.1, -0.05) is 117 Å². The lowest BCUT2D eigenvalue weighted by molar-refractivity contribution is 0.0240. The predicted molar refractivity (Wildman–Crippen MR) is 137 cm³/mol. The van der Waals surface area contributed by atoms with Gasteiger partial charge >= 0.3 is 0 Å². The van der Waals surface area contributed by atoms with Gasteiger partial charge in [0.2, 0.25) is 0 Å². The molecule has 0 saturated heterocycles. The molecule has 0 aromatic heterocycles. The van der Waals surface area contributed by atoms with E-state index in [1.165, 1.54) is 29.5 Å². The molecule has 3 aromatic carbocycles. The van der Waals surface area contributed by atoms with Crippen molar-refractivity contribution >= 4 is 0 Å². The molecule has 0 aliphatic heterocycles. The van der Waals surface area contributed by atoms with E-state index < -0.39 is 5.60 Å². The Morgan fingerprint density at radius 1 is 0.758 bits per heavy atom. The van der Waals surface area contributed by atoms with E-state index >= 15 is 0 Å². The van der Waals surface area contributed by atoms with E-state index in [4.69, 9.17) is 4.74 Å². The fourth-order valence-corrected chi connectivity index (χ4v) is 6.60.